The van der Waals surface area contributed by atoms with Crippen molar-refractivity contribution in [1.82, 2.24) is 15.0 Å². The molecule has 0 spiro atoms. The highest BCUT2D eigenvalue weighted by molar-refractivity contribution is 5.36. The van der Waals surface area contributed by atoms with E-state index in [4.69, 9.17) is 9.47 Å². The minimum Gasteiger partial charge on any atom is -0.467 e. The summed E-state index contributed by atoms with van der Waals surface area (Å²) < 4.78 is 10.5. The Bertz CT molecular complexity index is 365. The number of hydrogen-bond acceptors (Lipinski definition) is 7. The Balaban J connectivity index is 2.14. The Morgan fingerprint density at radius 3 is 2.65 bits per heavy atom. The van der Waals surface area contributed by atoms with Crippen molar-refractivity contribution in [2.24, 2.45) is 0 Å². The van der Waals surface area contributed by atoms with E-state index >= 15 is 0 Å². The van der Waals surface area contributed by atoms with Crippen molar-refractivity contribution in [3.8, 4) is 6.01 Å². The van der Waals surface area contributed by atoms with Crippen molar-refractivity contribution in [2.45, 2.75) is 25.5 Å². The van der Waals surface area contributed by atoms with Crippen LogP contribution < -0.4 is 15.4 Å². The number of nitrogens with one attached hydrogen (secondary N) is 2. The Labute approximate surface area is 100.0 Å². The lowest BCUT2D eigenvalue weighted by Gasteiger charge is -2.16. The molecule has 2 rings (SSSR count). The Morgan fingerprint density at radius 1 is 1.29 bits per heavy atom. The highest BCUT2D eigenvalue weighted by Gasteiger charge is 2.25. The predicted molar refractivity (Wildman–Crippen MR) is 63.4 cm³/mol. The first-order valence-corrected chi connectivity index (χ1v) is 5.59. The molecule has 0 bridgehead atoms. The summed E-state index contributed by atoms with van der Waals surface area (Å²) in [6, 6.07) is 0.519. The summed E-state index contributed by atoms with van der Waals surface area (Å²) in [6.45, 7) is 2.79. The zero-order valence-electron chi connectivity index (χ0n) is 10.2. The smallest absolute Gasteiger partial charge is 0.322 e. The van der Waals surface area contributed by atoms with Crippen LogP contribution in [0.3, 0.4) is 0 Å². The van der Waals surface area contributed by atoms with Crippen LogP contribution in [-0.2, 0) is 4.74 Å². The monoisotopic (exact) mass is 239 g/mol. The van der Waals surface area contributed by atoms with Gasteiger partial charge in [0.25, 0.3) is 0 Å². The van der Waals surface area contributed by atoms with Gasteiger partial charge in [0.2, 0.25) is 11.9 Å². The van der Waals surface area contributed by atoms with Gasteiger partial charge in [0, 0.05) is 13.7 Å². The minimum atomic E-state index is 0.163. The number of hydrogen-bond donors (Lipinski definition) is 2. The average Bonchev–Trinajstić information content (AvgIpc) is 2.74. The second-order valence-electron chi connectivity index (χ2n) is 3.83. The lowest BCUT2D eigenvalue weighted by molar-refractivity contribution is 0.121. The van der Waals surface area contributed by atoms with Gasteiger partial charge in [-0.05, 0) is 13.3 Å². The maximum Gasteiger partial charge on any atom is 0.322 e. The molecule has 2 N–H and O–H groups in total. The van der Waals surface area contributed by atoms with Crippen LogP contribution in [0.2, 0.25) is 0 Å². The van der Waals surface area contributed by atoms with Gasteiger partial charge in [-0.25, -0.2) is 0 Å². The molecule has 1 aromatic rings. The van der Waals surface area contributed by atoms with Crippen molar-refractivity contribution in [3.63, 3.8) is 0 Å². The molecule has 7 heteroatoms. The summed E-state index contributed by atoms with van der Waals surface area (Å²) in [5.41, 5.74) is 0. The van der Waals surface area contributed by atoms with Crippen molar-refractivity contribution < 1.29 is 9.47 Å². The SMILES string of the molecule is CNc1nc(NC2CCOC2C)nc(OC)n1. The van der Waals surface area contributed by atoms with Gasteiger partial charge < -0.3 is 20.1 Å². The number of methoxy groups -OCH3 is 1. The van der Waals surface area contributed by atoms with Gasteiger partial charge in [-0.3, -0.25) is 0 Å². The quantitative estimate of drug-likeness (QED) is 0.792. The molecular formula is C10H17N5O2. The predicted octanol–water partition coefficient (Wildman–Crippen LogP) is 0.511. The lowest BCUT2D eigenvalue weighted by atomic mass is 10.2. The fourth-order valence-electron chi connectivity index (χ4n) is 1.71. The van der Waals surface area contributed by atoms with Gasteiger partial charge in [-0.2, -0.15) is 15.0 Å². The van der Waals surface area contributed by atoms with Crippen LogP contribution in [0, 0.1) is 0 Å². The molecule has 2 unspecified atom stereocenters. The van der Waals surface area contributed by atoms with Crippen LogP contribution in [0.1, 0.15) is 13.3 Å². The van der Waals surface area contributed by atoms with Gasteiger partial charge in [0.1, 0.15) is 0 Å². The second kappa shape index (κ2) is 5.13. The summed E-state index contributed by atoms with van der Waals surface area (Å²) >= 11 is 0. The van der Waals surface area contributed by atoms with E-state index in [1.807, 2.05) is 6.92 Å². The molecule has 1 aromatic heterocycles. The number of anilines is 2. The third-order valence-corrected chi connectivity index (χ3v) is 2.71. The molecular weight excluding hydrogens is 222 g/mol. The largest absolute Gasteiger partial charge is 0.467 e. The molecule has 0 radical (unpaired) electrons. The first-order chi connectivity index (χ1) is 8.22. The molecule has 94 valence electrons. The second-order valence-corrected chi connectivity index (χ2v) is 3.83. The van der Waals surface area contributed by atoms with Gasteiger partial charge in [-0.1, -0.05) is 0 Å². The van der Waals surface area contributed by atoms with Crippen molar-refractivity contribution in [1.29, 1.82) is 0 Å². The molecule has 0 aromatic carbocycles. The summed E-state index contributed by atoms with van der Waals surface area (Å²) in [5.74, 6) is 0.981. The number of rotatable bonds is 4. The van der Waals surface area contributed by atoms with E-state index in [1.165, 1.54) is 7.11 Å². The third kappa shape index (κ3) is 2.73. The first kappa shape index (κ1) is 11.8. The standard InChI is InChI=1S/C10H17N5O2/c1-6-7(4-5-17-6)12-9-13-8(11-2)14-10(15-9)16-3/h6-7H,4-5H2,1-3H3,(H2,11,12,13,14,15). The van der Waals surface area contributed by atoms with Crippen LogP contribution in [0.4, 0.5) is 11.9 Å². The van der Waals surface area contributed by atoms with E-state index < -0.39 is 0 Å². The Hall–Kier alpha value is -1.63. The molecule has 0 aliphatic carbocycles. The first-order valence-electron chi connectivity index (χ1n) is 5.59. The van der Waals surface area contributed by atoms with Crippen LogP contribution in [0.25, 0.3) is 0 Å². The molecule has 7 nitrogen and oxygen atoms in total. The van der Waals surface area contributed by atoms with Crippen LogP contribution >= 0.6 is 0 Å². The topological polar surface area (TPSA) is 81.2 Å². The van der Waals surface area contributed by atoms with E-state index in [0.29, 0.717) is 17.9 Å². The summed E-state index contributed by atoms with van der Waals surface area (Å²) in [5, 5.41) is 6.10. The van der Waals surface area contributed by atoms with Gasteiger partial charge >= 0.3 is 6.01 Å². The van der Waals surface area contributed by atoms with Gasteiger partial charge in [0.15, 0.2) is 0 Å². The molecule has 1 aliphatic rings. The number of nitrogens with zero attached hydrogens (tertiary/aromatic N) is 3. The molecule has 1 aliphatic heterocycles. The fraction of sp³-hybridized carbons (Fsp3) is 0.700. The molecule has 1 saturated heterocycles. The number of ether oxygens (including phenoxy) is 2. The van der Waals surface area contributed by atoms with Crippen molar-refractivity contribution in [3.05, 3.63) is 0 Å². The van der Waals surface area contributed by atoms with Crippen LogP contribution in [0.15, 0.2) is 0 Å². The van der Waals surface area contributed by atoms with E-state index in [2.05, 4.69) is 25.6 Å². The molecule has 1 fully saturated rings. The average molecular weight is 239 g/mol. The lowest BCUT2D eigenvalue weighted by Crippen LogP contribution is -2.28. The van der Waals surface area contributed by atoms with Crippen LogP contribution in [-0.4, -0.2) is 47.9 Å². The van der Waals surface area contributed by atoms with Crippen molar-refractivity contribution in [2.75, 3.05) is 31.4 Å². The Morgan fingerprint density at radius 2 is 2.06 bits per heavy atom. The normalized spacial score (nSPS) is 23.5. The maximum atomic E-state index is 5.47. The molecule has 17 heavy (non-hydrogen) atoms. The zero-order chi connectivity index (χ0) is 12.3. The highest BCUT2D eigenvalue weighted by Crippen LogP contribution is 2.18. The van der Waals surface area contributed by atoms with Gasteiger partial charge in [0.05, 0.1) is 19.3 Å². The Kier molecular flexibility index (Phi) is 3.58. The molecule has 2 atom stereocenters. The minimum absolute atomic E-state index is 0.163. The van der Waals surface area contributed by atoms with Crippen LogP contribution in [0.5, 0.6) is 6.01 Å². The third-order valence-electron chi connectivity index (χ3n) is 2.71. The molecule has 2 heterocycles. The van der Waals surface area contributed by atoms with E-state index in [0.717, 1.165) is 13.0 Å². The summed E-state index contributed by atoms with van der Waals surface area (Å²) in [6.07, 6.45) is 1.11. The number of aromatic nitrogens is 3. The summed E-state index contributed by atoms with van der Waals surface area (Å²) in [7, 11) is 3.28. The van der Waals surface area contributed by atoms with E-state index in [1.54, 1.807) is 7.05 Å². The molecule has 0 saturated carbocycles. The zero-order valence-corrected chi connectivity index (χ0v) is 10.2. The van der Waals surface area contributed by atoms with E-state index in [-0.39, 0.29) is 12.1 Å². The van der Waals surface area contributed by atoms with E-state index in [9.17, 15) is 0 Å². The maximum absolute atomic E-state index is 5.47. The fourth-order valence-corrected chi connectivity index (χ4v) is 1.71. The highest BCUT2D eigenvalue weighted by atomic mass is 16.5. The van der Waals surface area contributed by atoms with Crippen molar-refractivity contribution >= 4 is 11.9 Å². The summed E-state index contributed by atoms with van der Waals surface area (Å²) in [4.78, 5) is 12.4. The van der Waals surface area contributed by atoms with Gasteiger partial charge in [-0.15, -0.1) is 0 Å². The molecule has 0 amide bonds.